The molecule has 0 aromatic rings. The van der Waals surface area contributed by atoms with Crippen LogP contribution < -0.4 is 0 Å². The van der Waals surface area contributed by atoms with E-state index >= 15 is 0 Å². The van der Waals surface area contributed by atoms with Crippen LogP contribution in [0.1, 0.15) is 32.6 Å². The normalized spacial score (nSPS) is 14.8. The Morgan fingerprint density at radius 1 is 1.29 bits per heavy atom. The molecule has 1 heterocycles. The molecule has 0 spiro atoms. The number of amides is 1. The first-order valence-corrected chi connectivity index (χ1v) is 5.73. The second-order valence-corrected chi connectivity index (χ2v) is 4.00. The minimum atomic E-state index is -0.692. The Morgan fingerprint density at radius 3 is 2.59 bits per heavy atom. The van der Waals surface area contributed by atoms with E-state index in [2.05, 4.69) is 6.92 Å². The number of unbranched alkanes of at least 4 members (excludes halogenated alkanes) is 3. The van der Waals surface area contributed by atoms with E-state index in [0.717, 1.165) is 19.3 Å². The molecule has 0 saturated carbocycles. The van der Waals surface area contributed by atoms with Crippen molar-refractivity contribution >= 4 is 18.3 Å². The fourth-order valence-electron chi connectivity index (χ4n) is 1.68. The van der Waals surface area contributed by atoms with Gasteiger partial charge in [-0.2, -0.15) is 0 Å². The zero-order valence-corrected chi connectivity index (χ0v) is 10.9. The molecule has 1 rings (SSSR count). The SMILES string of the molecule is CCCCCCN1CC(=C(O)O)C=CC1=O.Cl. The first kappa shape index (κ1) is 15.8. The molecule has 0 saturated heterocycles. The lowest BCUT2D eigenvalue weighted by atomic mass is 10.1. The van der Waals surface area contributed by atoms with Gasteiger partial charge in [-0.1, -0.05) is 26.2 Å². The summed E-state index contributed by atoms with van der Waals surface area (Å²) in [5.41, 5.74) is 0.398. The zero-order valence-electron chi connectivity index (χ0n) is 10.1. The number of aliphatic hydroxyl groups excluding tert-OH is 1. The summed E-state index contributed by atoms with van der Waals surface area (Å²) >= 11 is 0. The molecule has 1 amide bonds. The predicted molar refractivity (Wildman–Crippen MR) is 69.4 cm³/mol. The Morgan fingerprint density at radius 2 is 2.00 bits per heavy atom. The molecular weight excluding hydrogens is 242 g/mol. The summed E-state index contributed by atoms with van der Waals surface area (Å²) in [5, 5.41) is 17.9. The van der Waals surface area contributed by atoms with Gasteiger partial charge in [-0.15, -0.1) is 12.4 Å². The molecule has 0 bridgehead atoms. The van der Waals surface area contributed by atoms with Gasteiger partial charge in [0.05, 0.1) is 12.1 Å². The smallest absolute Gasteiger partial charge is 0.279 e. The summed E-state index contributed by atoms with van der Waals surface area (Å²) in [6, 6.07) is 0. The van der Waals surface area contributed by atoms with Crippen molar-refractivity contribution in [2.75, 3.05) is 13.1 Å². The molecule has 0 aromatic heterocycles. The van der Waals surface area contributed by atoms with Crippen LogP contribution in [0.3, 0.4) is 0 Å². The molecule has 4 nitrogen and oxygen atoms in total. The monoisotopic (exact) mass is 261 g/mol. The molecular formula is C12H20ClNO3. The summed E-state index contributed by atoms with van der Waals surface area (Å²) in [6.07, 6.45) is 7.24. The third-order valence-electron chi connectivity index (χ3n) is 2.67. The summed E-state index contributed by atoms with van der Waals surface area (Å²) in [5.74, 6) is -0.746. The van der Waals surface area contributed by atoms with Gasteiger partial charge < -0.3 is 15.1 Å². The highest BCUT2D eigenvalue weighted by atomic mass is 35.5. The van der Waals surface area contributed by atoms with Crippen molar-refractivity contribution in [1.29, 1.82) is 0 Å². The van der Waals surface area contributed by atoms with Crippen LogP contribution in [0, 0.1) is 0 Å². The fourth-order valence-corrected chi connectivity index (χ4v) is 1.68. The van der Waals surface area contributed by atoms with Crippen LogP contribution in [-0.2, 0) is 4.79 Å². The molecule has 1 aliphatic rings. The highest BCUT2D eigenvalue weighted by Gasteiger charge is 2.18. The second kappa shape index (κ2) is 8.01. The van der Waals surface area contributed by atoms with Crippen molar-refractivity contribution in [3.8, 4) is 0 Å². The molecule has 0 atom stereocenters. The Labute approximate surface area is 108 Å². The van der Waals surface area contributed by atoms with Crippen molar-refractivity contribution in [3.05, 3.63) is 23.7 Å². The van der Waals surface area contributed by atoms with E-state index in [1.807, 2.05) is 0 Å². The molecule has 0 fully saturated rings. The van der Waals surface area contributed by atoms with Gasteiger partial charge in [0.15, 0.2) is 0 Å². The van der Waals surface area contributed by atoms with Gasteiger partial charge in [-0.25, -0.2) is 0 Å². The second-order valence-electron chi connectivity index (χ2n) is 4.00. The van der Waals surface area contributed by atoms with Gasteiger partial charge in [0.25, 0.3) is 5.95 Å². The number of carbonyl (C=O) groups excluding carboxylic acids is 1. The zero-order chi connectivity index (χ0) is 12.0. The van der Waals surface area contributed by atoms with E-state index in [0.29, 0.717) is 18.7 Å². The fraction of sp³-hybridized carbons (Fsp3) is 0.583. The number of aliphatic hydroxyl groups is 2. The maximum atomic E-state index is 11.5. The van der Waals surface area contributed by atoms with Crippen LogP contribution in [0.4, 0.5) is 0 Å². The first-order valence-electron chi connectivity index (χ1n) is 5.73. The molecule has 0 aliphatic carbocycles. The van der Waals surface area contributed by atoms with E-state index in [4.69, 9.17) is 10.2 Å². The number of rotatable bonds is 5. The highest BCUT2D eigenvalue weighted by molar-refractivity contribution is 5.89. The quantitative estimate of drug-likeness (QED) is 0.591. The summed E-state index contributed by atoms with van der Waals surface area (Å²) in [4.78, 5) is 13.1. The van der Waals surface area contributed by atoms with Crippen molar-refractivity contribution in [2.45, 2.75) is 32.6 Å². The standard InChI is InChI=1S/C12H19NO3.ClH/c1-2-3-4-5-8-13-9-10(12(15)16)6-7-11(13)14;/h6-7,15-16H,2-5,8-9H2,1H3;1H. The molecule has 5 heteroatoms. The molecule has 2 N–H and O–H groups in total. The molecule has 1 aliphatic heterocycles. The third kappa shape index (κ3) is 5.13. The van der Waals surface area contributed by atoms with Gasteiger partial charge in [0.2, 0.25) is 5.91 Å². The number of nitrogens with zero attached hydrogens (tertiary/aromatic N) is 1. The van der Waals surface area contributed by atoms with Gasteiger partial charge in [0, 0.05) is 12.6 Å². The van der Waals surface area contributed by atoms with Crippen molar-refractivity contribution in [1.82, 2.24) is 4.90 Å². The Balaban J connectivity index is 0.00000256. The van der Waals surface area contributed by atoms with Gasteiger partial charge in [-0.3, -0.25) is 4.79 Å². The molecule has 17 heavy (non-hydrogen) atoms. The van der Waals surface area contributed by atoms with E-state index in [1.165, 1.54) is 18.6 Å². The average Bonchev–Trinajstić information content (AvgIpc) is 2.26. The summed E-state index contributed by atoms with van der Waals surface area (Å²) < 4.78 is 0. The average molecular weight is 262 g/mol. The van der Waals surface area contributed by atoms with Crippen molar-refractivity contribution in [2.24, 2.45) is 0 Å². The maximum Gasteiger partial charge on any atom is 0.279 e. The lowest BCUT2D eigenvalue weighted by Gasteiger charge is -2.24. The molecule has 98 valence electrons. The molecule has 0 radical (unpaired) electrons. The van der Waals surface area contributed by atoms with Crippen molar-refractivity contribution in [3.63, 3.8) is 0 Å². The van der Waals surface area contributed by atoms with Gasteiger partial charge in [-0.05, 0) is 12.5 Å². The number of hydrogen-bond donors (Lipinski definition) is 2. The Hall–Kier alpha value is -1.16. The number of hydrogen-bond acceptors (Lipinski definition) is 3. The van der Waals surface area contributed by atoms with E-state index < -0.39 is 5.95 Å². The van der Waals surface area contributed by atoms with Crippen LogP contribution in [0.25, 0.3) is 0 Å². The summed E-state index contributed by atoms with van der Waals surface area (Å²) in [7, 11) is 0. The van der Waals surface area contributed by atoms with Crippen LogP contribution in [0.5, 0.6) is 0 Å². The van der Waals surface area contributed by atoms with E-state index in [9.17, 15) is 4.79 Å². The number of halogens is 1. The van der Waals surface area contributed by atoms with Crippen LogP contribution in [0.2, 0.25) is 0 Å². The first-order chi connectivity index (χ1) is 7.65. The van der Waals surface area contributed by atoms with E-state index in [-0.39, 0.29) is 18.3 Å². The Bertz CT molecular complexity index is 309. The lowest BCUT2D eigenvalue weighted by Crippen LogP contribution is -2.35. The molecule has 0 aromatic carbocycles. The van der Waals surface area contributed by atoms with Crippen LogP contribution in [0.15, 0.2) is 23.7 Å². The largest absolute Gasteiger partial charge is 0.481 e. The van der Waals surface area contributed by atoms with Crippen LogP contribution in [-0.4, -0.2) is 34.1 Å². The predicted octanol–water partition coefficient (Wildman–Crippen LogP) is 2.71. The van der Waals surface area contributed by atoms with Gasteiger partial charge >= 0.3 is 0 Å². The third-order valence-corrected chi connectivity index (χ3v) is 2.67. The van der Waals surface area contributed by atoms with E-state index in [1.54, 1.807) is 4.90 Å². The minimum Gasteiger partial charge on any atom is -0.481 e. The van der Waals surface area contributed by atoms with Gasteiger partial charge in [0.1, 0.15) is 0 Å². The molecule has 0 unspecified atom stereocenters. The maximum absolute atomic E-state index is 11.5. The van der Waals surface area contributed by atoms with Crippen LogP contribution >= 0.6 is 12.4 Å². The lowest BCUT2D eigenvalue weighted by molar-refractivity contribution is -0.126. The highest BCUT2D eigenvalue weighted by Crippen LogP contribution is 2.12. The topological polar surface area (TPSA) is 60.8 Å². The Kier molecular flexibility index (Phi) is 7.46. The number of carbonyl (C=O) groups is 1. The minimum absolute atomic E-state index is 0. The van der Waals surface area contributed by atoms with Crippen molar-refractivity contribution < 1.29 is 15.0 Å². The summed E-state index contributed by atoms with van der Waals surface area (Å²) in [6.45, 7) is 3.11.